The molecule has 8 nitrogen and oxygen atoms in total. The molecule has 2 N–H and O–H groups in total. The quantitative estimate of drug-likeness (QED) is 0.265. The molecule has 0 spiro atoms. The number of H-pyrrole nitrogens is 1. The molecule has 1 saturated heterocycles. The second-order valence-electron chi connectivity index (χ2n) is 8.19. The van der Waals surface area contributed by atoms with Crippen LogP contribution in [0, 0.1) is 19.7 Å². The fraction of sp³-hybridized carbons (Fsp3) is 0.400. The second-order valence-corrected chi connectivity index (χ2v) is 8.19. The number of halogens is 1. The highest BCUT2D eigenvalue weighted by Gasteiger charge is 2.46. The molecule has 0 aliphatic carbocycles. The standard InChI is InChI=1S/C25H30FN3O5/c1-6-28(7-2)12-13-29-21(16-8-10-17(26)11-9-16)19(23(31)24(29)32)22(30)18-14(3)20(25(33)34-5)27-15(18)4/h8-11,21,27,30H,6-7,12-13H2,1-5H3/t21-/m0/s1. The van der Waals surface area contributed by atoms with Crippen LogP contribution in [0.5, 0.6) is 0 Å². The third-order valence-corrected chi connectivity index (χ3v) is 6.34. The van der Waals surface area contributed by atoms with Crippen LogP contribution in [0.25, 0.3) is 5.76 Å². The summed E-state index contributed by atoms with van der Waals surface area (Å²) >= 11 is 0. The maximum Gasteiger partial charge on any atom is 0.354 e. The van der Waals surface area contributed by atoms with Crippen LogP contribution in [0.3, 0.4) is 0 Å². The van der Waals surface area contributed by atoms with Gasteiger partial charge in [-0.05, 0) is 50.2 Å². The molecule has 2 aromatic rings. The lowest BCUT2D eigenvalue weighted by molar-refractivity contribution is -0.140. The fourth-order valence-electron chi connectivity index (χ4n) is 4.44. The number of ether oxygens (including phenoxy) is 1. The van der Waals surface area contributed by atoms with E-state index in [1.165, 1.54) is 36.3 Å². The van der Waals surface area contributed by atoms with E-state index in [1.54, 1.807) is 13.8 Å². The number of methoxy groups -OCH3 is 1. The highest BCUT2D eigenvalue weighted by atomic mass is 19.1. The maximum absolute atomic E-state index is 13.6. The number of aliphatic hydroxyl groups excluding tert-OH is 1. The molecule has 0 saturated carbocycles. The summed E-state index contributed by atoms with van der Waals surface area (Å²) in [5, 5.41) is 11.3. The Morgan fingerprint density at radius 1 is 1.18 bits per heavy atom. The molecule has 1 atom stereocenters. The van der Waals surface area contributed by atoms with E-state index < -0.39 is 29.5 Å². The number of aliphatic hydroxyl groups is 1. The third kappa shape index (κ3) is 4.48. The summed E-state index contributed by atoms with van der Waals surface area (Å²) < 4.78 is 18.4. The van der Waals surface area contributed by atoms with Gasteiger partial charge in [0.1, 0.15) is 17.3 Å². The molecule has 1 aliphatic heterocycles. The summed E-state index contributed by atoms with van der Waals surface area (Å²) in [4.78, 5) is 44.8. The van der Waals surface area contributed by atoms with Gasteiger partial charge in [-0.15, -0.1) is 0 Å². The van der Waals surface area contributed by atoms with E-state index in [4.69, 9.17) is 4.74 Å². The molecule has 3 rings (SSSR count). The Kier molecular flexibility index (Phi) is 7.56. The molecule has 9 heteroatoms. The predicted octanol–water partition coefficient (Wildman–Crippen LogP) is 3.32. The first-order valence-electron chi connectivity index (χ1n) is 11.2. The van der Waals surface area contributed by atoms with Crippen LogP contribution in [-0.2, 0) is 14.3 Å². The van der Waals surface area contributed by atoms with E-state index in [9.17, 15) is 23.9 Å². The summed E-state index contributed by atoms with van der Waals surface area (Å²) in [7, 11) is 1.24. The first-order valence-corrected chi connectivity index (χ1v) is 11.2. The summed E-state index contributed by atoms with van der Waals surface area (Å²) in [6.45, 7) is 9.62. The van der Waals surface area contributed by atoms with Crippen molar-refractivity contribution in [3.05, 3.63) is 63.7 Å². The van der Waals surface area contributed by atoms with Crippen LogP contribution in [0.2, 0.25) is 0 Å². The SMILES string of the molecule is CCN(CC)CCN1C(=O)C(=O)C(=C(O)c2c(C)[nH]c(C(=O)OC)c2C)[C@@H]1c1ccc(F)cc1. The van der Waals surface area contributed by atoms with Gasteiger partial charge >= 0.3 is 5.97 Å². The van der Waals surface area contributed by atoms with E-state index in [0.29, 0.717) is 23.4 Å². The number of aryl methyl sites for hydroxylation is 1. The van der Waals surface area contributed by atoms with Crippen molar-refractivity contribution in [1.29, 1.82) is 0 Å². The number of likely N-dealkylation sites (N-methyl/N-ethyl adjacent to an activating group) is 1. The zero-order valence-corrected chi connectivity index (χ0v) is 20.1. The minimum Gasteiger partial charge on any atom is -0.507 e. The van der Waals surface area contributed by atoms with E-state index in [1.807, 2.05) is 13.8 Å². The van der Waals surface area contributed by atoms with Gasteiger partial charge in [0.15, 0.2) is 0 Å². The minimum absolute atomic E-state index is 0.0993. The zero-order chi connectivity index (χ0) is 25.2. The Morgan fingerprint density at radius 2 is 1.79 bits per heavy atom. The number of aromatic amines is 1. The first kappa shape index (κ1) is 25.2. The Bertz CT molecular complexity index is 1130. The predicted molar refractivity (Wildman–Crippen MR) is 125 cm³/mol. The smallest absolute Gasteiger partial charge is 0.354 e. The number of esters is 1. The Labute approximate surface area is 198 Å². The van der Waals surface area contributed by atoms with E-state index in [-0.39, 0.29) is 29.1 Å². The number of likely N-dealkylation sites (tertiary alicyclic amines) is 1. The topological polar surface area (TPSA) is 103 Å². The molecule has 2 heterocycles. The van der Waals surface area contributed by atoms with Gasteiger partial charge in [0.05, 0.1) is 18.7 Å². The normalized spacial score (nSPS) is 17.6. The van der Waals surface area contributed by atoms with Crippen LogP contribution in [0.4, 0.5) is 4.39 Å². The summed E-state index contributed by atoms with van der Waals surface area (Å²) in [6.07, 6.45) is 0. The number of carbonyl (C=O) groups is 3. The molecule has 1 amide bonds. The van der Waals surface area contributed by atoms with Gasteiger partial charge in [0, 0.05) is 24.3 Å². The molecular weight excluding hydrogens is 441 g/mol. The van der Waals surface area contributed by atoms with Gasteiger partial charge in [0.2, 0.25) is 0 Å². The number of hydrogen-bond acceptors (Lipinski definition) is 6. The Hall–Kier alpha value is -3.46. The molecule has 0 bridgehead atoms. The third-order valence-electron chi connectivity index (χ3n) is 6.34. The van der Waals surface area contributed by atoms with E-state index in [0.717, 1.165) is 13.1 Å². The van der Waals surface area contributed by atoms with Crippen LogP contribution in [0.1, 0.15) is 52.8 Å². The van der Waals surface area contributed by atoms with E-state index >= 15 is 0 Å². The van der Waals surface area contributed by atoms with Crippen LogP contribution in [0.15, 0.2) is 29.8 Å². The van der Waals surface area contributed by atoms with Crippen molar-refractivity contribution < 1.29 is 28.6 Å². The number of amides is 1. The molecule has 182 valence electrons. The van der Waals surface area contributed by atoms with Gasteiger partial charge in [0.25, 0.3) is 11.7 Å². The molecule has 1 aromatic carbocycles. The number of ketones is 1. The number of carbonyl (C=O) groups excluding carboxylic acids is 3. The van der Waals surface area contributed by atoms with Crippen molar-refractivity contribution >= 4 is 23.4 Å². The van der Waals surface area contributed by atoms with Crippen molar-refractivity contribution in [2.24, 2.45) is 0 Å². The van der Waals surface area contributed by atoms with Crippen LogP contribution >= 0.6 is 0 Å². The minimum atomic E-state index is -0.897. The van der Waals surface area contributed by atoms with Crippen LogP contribution < -0.4 is 0 Å². The molecule has 1 fully saturated rings. The molecule has 0 unspecified atom stereocenters. The number of rotatable bonds is 8. The maximum atomic E-state index is 13.6. The molecular formula is C25H30FN3O5. The largest absolute Gasteiger partial charge is 0.507 e. The van der Waals surface area contributed by atoms with Crippen molar-refractivity contribution in [2.75, 3.05) is 33.3 Å². The number of nitrogens with one attached hydrogen (secondary N) is 1. The van der Waals surface area contributed by atoms with Crippen molar-refractivity contribution in [2.45, 2.75) is 33.7 Å². The number of nitrogens with zero attached hydrogens (tertiary/aromatic N) is 2. The Balaban J connectivity index is 2.17. The van der Waals surface area contributed by atoms with Gasteiger partial charge in [-0.2, -0.15) is 0 Å². The van der Waals surface area contributed by atoms with Gasteiger partial charge < -0.3 is 24.6 Å². The fourth-order valence-corrected chi connectivity index (χ4v) is 4.44. The van der Waals surface area contributed by atoms with Gasteiger partial charge in [-0.3, -0.25) is 9.59 Å². The van der Waals surface area contributed by atoms with Crippen molar-refractivity contribution in [1.82, 2.24) is 14.8 Å². The summed E-state index contributed by atoms with van der Waals surface area (Å²) in [5.41, 5.74) is 1.65. The lowest BCUT2D eigenvalue weighted by Gasteiger charge is -2.28. The molecule has 34 heavy (non-hydrogen) atoms. The summed E-state index contributed by atoms with van der Waals surface area (Å²) in [6, 6.07) is 4.61. The number of aromatic nitrogens is 1. The van der Waals surface area contributed by atoms with E-state index in [2.05, 4.69) is 9.88 Å². The van der Waals surface area contributed by atoms with Crippen LogP contribution in [-0.4, -0.2) is 70.8 Å². The molecule has 0 radical (unpaired) electrons. The molecule has 1 aliphatic rings. The second kappa shape index (κ2) is 10.2. The molecule has 1 aromatic heterocycles. The average molecular weight is 472 g/mol. The lowest BCUT2D eigenvalue weighted by Crippen LogP contribution is -2.38. The number of benzene rings is 1. The van der Waals surface area contributed by atoms with Crippen molar-refractivity contribution in [3.8, 4) is 0 Å². The highest BCUT2D eigenvalue weighted by molar-refractivity contribution is 6.46. The Morgan fingerprint density at radius 3 is 2.35 bits per heavy atom. The van der Waals surface area contributed by atoms with Gasteiger partial charge in [-0.1, -0.05) is 26.0 Å². The highest BCUT2D eigenvalue weighted by Crippen LogP contribution is 2.40. The lowest BCUT2D eigenvalue weighted by atomic mass is 9.94. The number of hydrogen-bond donors (Lipinski definition) is 2. The summed E-state index contributed by atoms with van der Waals surface area (Å²) in [5.74, 6) is -3.02. The average Bonchev–Trinajstić information content (AvgIpc) is 3.26. The van der Waals surface area contributed by atoms with Crippen molar-refractivity contribution in [3.63, 3.8) is 0 Å². The first-order chi connectivity index (χ1) is 16.2. The number of Topliss-reactive ketones (excluding diaryl/α,β-unsaturated/α-hetero) is 1. The zero-order valence-electron chi connectivity index (χ0n) is 20.1. The van der Waals surface area contributed by atoms with Gasteiger partial charge in [-0.25, -0.2) is 9.18 Å². The monoisotopic (exact) mass is 471 g/mol.